The van der Waals surface area contributed by atoms with Crippen molar-refractivity contribution in [1.29, 1.82) is 0 Å². The first-order valence-corrected chi connectivity index (χ1v) is 3.85. The highest BCUT2D eigenvalue weighted by Gasteiger charge is 2.15. The minimum Gasteiger partial charge on any atom is -0.430 e. The van der Waals surface area contributed by atoms with Gasteiger partial charge in [0.1, 0.15) is 5.76 Å². The lowest BCUT2D eigenvalue weighted by Gasteiger charge is -1.89. The van der Waals surface area contributed by atoms with E-state index < -0.39 is 0 Å². The Hall–Kier alpha value is -1.49. The summed E-state index contributed by atoms with van der Waals surface area (Å²) in [5.74, 6) is 6.07. The Morgan fingerprint density at radius 3 is 2.83 bits per heavy atom. The molecule has 12 heavy (non-hydrogen) atoms. The number of ether oxygens (including phenoxy) is 1. The van der Waals surface area contributed by atoms with Gasteiger partial charge >= 0.3 is 5.97 Å². The van der Waals surface area contributed by atoms with Crippen LogP contribution < -0.4 is 0 Å². The Morgan fingerprint density at radius 1 is 1.42 bits per heavy atom. The summed E-state index contributed by atoms with van der Waals surface area (Å²) in [6.07, 6.45) is 6.41. The smallest absolute Gasteiger partial charge is 0.311 e. The minimum atomic E-state index is -0.158. The molecule has 0 unspecified atom stereocenters. The van der Waals surface area contributed by atoms with Crippen molar-refractivity contribution in [2.45, 2.75) is 19.8 Å². The van der Waals surface area contributed by atoms with Crippen LogP contribution in [0, 0.1) is 11.8 Å². The van der Waals surface area contributed by atoms with Gasteiger partial charge in [-0.3, -0.25) is 4.79 Å². The van der Waals surface area contributed by atoms with Crippen LogP contribution in [0.25, 0.3) is 0 Å². The molecule has 0 atom stereocenters. The van der Waals surface area contributed by atoms with Gasteiger partial charge in [0.2, 0.25) is 0 Å². The molecule has 0 amide bonds. The first-order valence-electron chi connectivity index (χ1n) is 3.85. The van der Waals surface area contributed by atoms with E-state index in [2.05, 4.69) is 11.8 Å². The third-order valence-electron chi connectivity index (χ3n) is 1.39. The van der Waals surface area contributed by atoms with Crippen LogP contribution in [0.15, 0.2) is 24.0 Å². The quantitative estimate of drug-likeness (QED) is 0.401. The van der Waals surface area contributed by atoms with Crippen LogP contribution in [0.2, 0.25) is 0 Å². The first kappa shape index (κ1) is 8.61. The summed E-state index contributed by atoms with van der Waals surface area (Å²) >= 11 is 0. The van der Waals surface area contributed by atoms with E-state index in [0.717, 1.165) is 0 Å². The Balaban J connectivity index is 2.49. The third kappa shape index (κ3) is 2.63. The SMILES string of the molecule is C/C=C\C#C/C=C1\CCC(=O)O1. The van der Waals surface area contributed by atoms with Crippen molar-refractivity contribution in [3.63, 3.8) is 0 Å². The van der Waals surface area contributed by atoms with Crippen molar-refractivity contribution in [2.75, 3.05) is 0 Å². The molecule has 0 N–H and O–H groups in total. The highest BCUT2D eigenvalue weighted by Crippen LogP contribution is 2.16. The van der Waals surface area contributed by atoms with E-state index in [1.165, 1.54) is 0 Å². The molecule has 1 rings (SSSR count). The van der Waals surface area contributed by atoms with E-state index in [1.54, 1.807) is 12.2 Å². The second-order valence-corrected chi connectivity index (χ2v) is 2.37. The van der Waals surface area contributed by atoms with Crippen molar-refractivity contribution in [3.05, 3.63) is 24.0 Å². The number of rotatable bonds is 0. The summed E-state index contributed by atoms with van der Waals surface area (Å²) in [5, 5.41) is 0. The maximum absolute atomic E-state index is 10.6. The average molecular weight is 162 g/mol. The van der Waals surface area contributed by atoms with Gasteiger partial charge < -0.3 is 4.74 Å². The van der Waals surface area contributed by atoms with Gasteiger partial charge in [0.05, 0.1) is 6.42 Å². The molecule has 2 nitrogen and oxygen atoms in total. The second kappa shape index (κ2) is 4.40. The molecular formula is C10H10O2. The lowest BCUT2D eigenvalue weighted by molar-refractivity contribution is -0.135. The van der Waals surface area contributed by atoms with E-state index in [-0.39, 0.29) is 5.97 Å². The fourth-order valence-electron chi connectivity index (χ4n) is 0.829. The zero-order valence-corrected chi connectivity index (χ0v) is 6.96. The number of carbonyl (C=O) groups is 1. The molecule has 0 spiro atoms. The van der Waals surface area contributed by atoms with Crippen molar-refractivity contribution in [3.8, 4) is 11.8 Å². The fraction of sp³-hybridized carbons (Fsp3) is 0.300. The van der Waals surface area contributed by atoms with Crippen LogP contribution in [-0.4, -0.2) is 5.97 Å². The maximum Gasteiger partial charge on any atom is 0.311 e. The monoisotopic (exact) mass is 162 g/mol. The molecule has 0 aromatic carbocycles. The molecule has 0 aromatic heterocycles. The summed E-state index contributed by atoms with van der Waals surface area (Å²) in [6, 6.07) is 0. The highest BCUT2D eigenvalue weighted by molar-refractivity contribution is 5.73. The molecule has 1 heterocycles. The van der Waals surface area contributed by atoms with Gasteiger partial charge in [-0.05, 0) is 13.0 Å². The zero-order valence-electron chi connectivity index (χ0n) is 6.96. The first-order chi connectivity index (χ1) is 5.83. The molecule has 62 valence electrons. The van der Waals surface area contributed by atoms with Crippen LogP contribution in [0.1, 0.15) is 19.8 Å². The zero-order chi connectivity index (χ0) is 8.81. The third-order valence-corrected chi connectivity index (χ3v) is 1.39. The molecule has 0 radical (unpaired) electrons. The van der Waals surface area contributed by atoms with Crippen LogP contribution >= 0.6 is 0 Å². The molecule has 0 aromatic rings. The van der Waals surface area contributed by atoms with E-state index in [9.17, 15) is 4.79 Å². The molecule has 0 saturated carbocycles. The predicted molar refractivity (Wildman–Crippen MR) is 46.0 cm³/mol. The van der Waals surface area contributed by atoms with Gasteiger partial charge in [0, 0.05) is 12.5 Å². The van der Waals surface area contributed by atoms with Crippen molar-refractivity contribution in [2.24, 2.45) is 0 Å². The van der Waals surface area contributed by atoms with Gasteiger partial charge in [-0.25, -0.2) is 0 Å². The van der Waals surface area contributed by atoms with Crippen LogP contribution in [-0.2, 0) is 9.53 Å². The fourth-order valence-corrected chi connectivity index (χ4v) is 0.829. The normalized spacial score (nSPS) is 19.4. The number of carbonyl (C=O) groups excluding carboxylic acids is 1. The van der Waals surface area contributed by atoms with Gasteiger partial charge in [-0.15, -0.1) is 0 Å². The van der Waals surface area contributed by atoms with Crippen LogP contribution in [0.5, 0.6) is 0 Å². The Labute approximate surface area is 71.9 Å². The van der Waals surface area contributed by atoms with Gasteiger partial charge in [-0.2, -0.15) is 0 Å². The van der Waals surface area contributed by atoms with Gasteiger partial charge in [-0.1, -0.05) is 17.9 Å². The standard InChI is InChI=1S/C10H10O2/c1-2-3-4-5-6-9-7-8-10(11)12-9/h2-3,6H,7-8H2,1H3/b3-2-,9-6+. The van der Waals surface area contributed by atoms with Crippen LogP contribution in [0.3, 0.4) is 0 Å². The maximum atomic E-state index is 10.6. The molecule has 2 heteroatoms. The number of cyclic esters (lactones) is 1. The molecule has 0 bridgehead atoms. The lowest BCUT2D eigenvalue weighted by Crippen LogP contribution is -1.88. The topological polar surface area (TPSA) is 26.3 Å². The number of esters is 1. The summed E-state index contributed by atoms with van der Waals surface area (Å²) in [7, 11) is 0. The van der Waals surface area contributed by atoms with Crippen LogP contribution in [0.4, 0.5) is 0 Å². The second-order valence-electron chi connectivity index (χ2n) is 2.37. The summed E-state index contributed by atoms with van der Waals surface area (Å²) in [5.41, 5.74) is 0. The Kier molecular flexibility index (Phi) is 3.16. The largest absolute Gasteiger partial charge is 0.430 e. The van der Waals surface area contributed by atoms with Crippen molar-refractivity contribution < 1.29 is 9.53 Å². The molecule has 0 aliphatic carbocycles. The number of allylic oxidation sites excluding steroid dienone is 4. The van der Waals surface area contributed by atoms with E-state index >= 15 is 0 Å². The Morgan fingerprint density at radius 2 is 2.25 bits per heavy atom. The van der Waals surface area contributed by atoms with E-state index in [1.807, 2.05) is 13.0 Å². The van der Waals surface area contributed by atoms with Gasteiger partial charge in [0.15, 0.2) is 0 Å². The van der Waals surface area contributed by atoms with E-state index in [4.69, 9.17) is 4.74 Å². The highest BCUT2D eigenvalue weighted by atomic mass is 16.5. The summed E-state index contributed by atoms with van der Waals surface area (Å²) < 4.78 is 4.84. The molecule has 1 saturated heterocycles. The minimum absolute atomic E-state index is 0.158. The molecular weight excluding hydrogens is 152 g/mol. The number of hydrogen-bond donors (Lipinski definition) is 0. The molecule has 1 aliphatic rings. The molecule has 1 aliphatic heterocycles. The van der Waals surface area contributed by atoms with E-state index in [0.29, 0.717) is 18.6 Å². The Bertz CT molecular complexity index is 287. The average Bonchev–Trinajstić information content (AvgIpc) is 2.45. The summed E-state index contributed by atoms with van der Waals surface area (Å²) in [6.45, 7) is 1.90. The summed E-state index contributed by atoms with van der Waals surface area (Å²) in [4.78, 5) is 10.6. The van der Waals surface area contributed by atoms with Gasteiger partial charge in [0.25, 0.3) is 0 Å². The van der Waals surface area contributed by atoms with Crippen molar-refractivity contribution in [1.82, 2.24) is 0 Å². The van der Waals surface area contributed by atoms with Crippen molar-refractivity contribution >= 4 is 5.97 Å². The predicted octanol–water partition coefficient (Wildman–Crippen LogP) is 1.79. The lowest BCUT2D eigenvalue weighted by atomic mass is 10.3. The number of hydrogen-bond acceptors (Lipinski definition) is 2. The molecule has 1 fully saturated rings.